The molecular formula is C17H27ClN2. The second-order valence-corrected chi connectivity index (χ2v) is 7.67. The Morgan fingerprint density at radius 3 is 2.35 bits per heavy atom. The van der Waals surface area contributed by atoms with Gasteiger partial charge in [-0.3, -0.25) is 0 Å². The van der Waals surface area contributed by atoms with Crippen LogP contribution in [0.15, 0.2) is 18.2 Å². The van der Waals surface area contributed by atoms with Gasteiger partial charge in [0.15, 0.2) is 0 Å². The predicted molar refractivity (Wildman–Crippen MR) is 88.6 cm³/mol. The van der Waals surface area contributed by atoms with E-state index in [4.69, 9.17) is 11.6 Å². The molecule has 0 bridgehead atoms. The minimum Gasteiger partial charge on any atom is -0.371 e. The molecule has 2 unspecified atom stereocenters. The largest absolute Gasteiger partial charge is 0.371 e. The molecule has 0 aliphatic carbocycles. The van der Waals surface area contributed by atoms with Gasteiger partial charge in [0.05, 0.1) is 0 Å². The minimum atomic E-state index is 0.127. The van der Waals surface area contributed by atoms with E-state index in [9.17, 15) is 0 Å². The first kappa shape index (κ1) is 15.7. The van der Waals surface area contributed by atoms with Crippen LogP contribution in [-0.2, 0) is 6.54 Å². The van der Waals surface area contributed by atoms with Gasteiger partial charge in [-0.05, 0) is 50.3 Å². The van der Waals surface area contributed by atoms with E-state index in [0.717, 1.165) is 36.5 Å². The van der Waals surface area contributed by atoms with Crippen LogP contribution in [0.25, 0.3) is 0 Å². The van der Waals surface area contributed by atoms with E-state index in [1.807, 2.05) is 6.07 Å². The van der Waals surface area contributed by atoms with E-state index in [2.05, 4.69) is 57.0 Å². The SMILES string of the molecule is CC1CN(c2cc(Cl)ccc2CNC(C)(C)C)CC1C. The third-order valence-electron chi connectivity index (χ3n) is 4.19. The van der Waals surface area contributed by atoms with Crippen molar-refractivity contribution >= 4 is 17.3 Å². The Kier molecular flexibility index (Phi) is 4.66. The second kappa shape index (κ2) is 5.95. The van der Waals surface area contributed by atoms with Crippen LogP contribution in [0.5, 0.6) is 0 Å². The first-order valence-electron chi connectivity index (χ1n) is 7.54. The number of anilines is 1. The molecule has 1 aromatic carbocycles. The molecule has 0 aromatic heterocycles. The van der Waals surface area contributed by atoms with Crippen LogP contribution in [0.2, 0.25) is 5.02 Å². The first-order valence-corrected chi connectivity index (χ1v) is 7.92. The fraction of sp³-hybridized carbons (Fsp3) is 0.647. The Balaban J connectivity index is 2.20. The molecular weight excluding hydrogens is 268 g/mol. The molecule has 3 heteroatoms. The smallest absolute Gasteiger partial charge is 0.0426 e. The van der Waals surface area contributed by atoms with Gasteiger partial charge in [0.1, 0.15) is 0 Å². The lowest BCUT2D eigenvalue weighted by Crippen LogP contribution is -2.35. The molecule has 1 saturated heterocycles. The number of hydrogen-bond donors (Lipinski definition) is 1. The predicted octanol–water partition coefficient (Wildman–Crippen LogP) is 4.32. The molecule has 20 heavy (non-hydrogen) atoms. The molecule has 0 saturated carbocycles. The van der Waals surface area contributed by atoms with Crippen molar-refractivity contribution < 1.29 is 0 Å². The number of benzene rings is 1. The third-order valence-corrected chi connectivity index (χ3v) is 4.42. The van der Waals surface area contributed by atoms with Crippen molar-refractivity contribution in [1.82, 2.24) is 5.32 Å². The molecule has 2 nitrogen and oxygen atoms in total. The summed E-state index contributed by atoms with van der Waals surface area (Å²) in [5, 5.41) is 4.40. The zero-order chi connectivity index (χ0) is 14.9. The van der Waals surface area contributed by atoms with E-state index in [1.165, 1.54) is 11.3 Å². The van der Waals surface area contributed by atoms with Crippen LogP contribution >= 0.6 is 11.6 Å². The van der Waals surface area contributed by atoms with Crippen molar-refractivity contribution in [1.29, 1.82) is 0 Å². The molecule has 1 aliphatic rings. The maximum absolute atomic E-state index is 6.21. The van der Waals surface area contributed by atoms with Crippen molar-refractivity contribution in [3.05, 3.63) is 28.8 Å². The third kappa shape index (κ3) is 3.89. The number of nitrogens with one attached hydrogen (secondary N) is 1. The van der Waals surface area contributed by atoms with Crippen molar-refractivity contribution in [2.45, 2.75) is 46.7 Å². The van der Waals surface area contributed by atoms with Crippen LogP contribution in [0.4, 0.5) is 5.69 Å². The highest BCUT2D eigenvalue weighted by molar-refractivity contribution is 6.30. The number of nitrogens with zero attached hydrogens (tertiary/aromatic N) is 1. The Labute approximate surface area is 128 Å². The summed E-state index contributed by atoms with van der Waals surface area (Å²) in [5.74, 6) is 1.50. The molecule has 1 heterocycles. The molecule has 2 rings (SSSR count). The summed E-state index contributed by atoms with van der Waals surface area (Å²) in [6.45, 7) is 14.4. The maximum atomic E-state index is 6.21. The molecule has 2 atom stereocenters. The van der Waals surface area contributed by atoms with Gasteiger partial charge >= 0.3 is 0 Å². The van der Waals surface area contributed by atoms with Crippen molar-refractivity contribution in [2.24, 2.45) is 11.8 Å². The number of rotatable bonds is 3. The van der Waals surface area contributed by atoms with E-state index in [-0.39, 0.29) is 5.54 Å². The summed E-state index contributed by atoms with van der Waals surface area (Å²) in [4.78, 5) is 2.49. The monoisotopic (exact) mass is 294 g/mol. The van der Waals surface area contributed by atoms with Gasteiger partial charge in [-0.2, -0.15) is 0 Å². The molecule has 0 spiro atoms. The highest BCUT2D eigenvalue weighted by Crippen LogP contribution is 2.32. The van der Waals surface area contributed by atoms with Crippen molar-refractivity contribution in [3.8, 4) is 0 Å². The van der Waals surface area contributed by atoms with Crippen LogP contribution < -0.4 is 10.2 Å². The van der Waals surface area contributed by atoms with Gasteiger partial charge in [-0.15, -0.1) is 0 Å². The topological polar surface area (TPSA) is 15.3 Å². The van der Waals surface area contributed by atoms with Crippen molar-refractivity contribution in [2.75, 3.05) is 18.0 Å². The Bertz CT molecular complexity index is 455. The minimum absolute atomic E-state index is 0.127. The lowest BCUT2D eigenvalue weighted by atomic mass is 10.0. The summed E-state index contributed by atoms with van der Waals surface area (Å²) in [6.07, 6.45) is 0. The van der Waals surface area contributed by atoms with E-state index in [0.29, 0.717) is 0 Å². The molecule has 0 amide bonds. The highest BCUT2D eigenvalue weighted by atomic mass is 35.5. The standard InChI is InChI=1S/C17H27ClN2/c1-12-10-20(11-13(12)2)16-8-15(18)7-6-14(16)9-19-17(3,4)5/h6-8,12-13,19H,9-11H2,1-5H3. The fourth-order valence-corrected chi connectivity index (χ4v) is 2.83. The van der Waals surface area contributed by atoms with Gasteiger partial charge in [-0.1, -0.05) is 31.5 Å². The Morgan fingerprint density at radius 2 is 1.80 bits per heavy atom. The summed E-state index contributed by atoms with van der Waals surface area (Å²) in [7, 11) is 0. The van der Waals surface area contributed by atoms with Crippen LogP contribution in [0, 0.1) is 11.8 Å². The number of hydrogen-bond acceptors (Lipinski definition) is 2. The Hall–Kier alpha value is -0.730. The quantitative estimate of drug-likeness (QED) is 0.893. The summed E-state index contributed by atoms with van der Waals surface area (Å²) >= 11 is 6.21. The van der Waals surface area contributed by atoms with E-state index >= 15 is 0 Å². The number of halogens is 1. The lowest BCUT2D eigenvalue weighted by Gasteiger charge is -2.26. The maximum Gasteiger partial charge on any atom is 0.0426 e. The van der Waals surface area contributed by atoms with Gasteiger partial charge in [0, 0.05) is 35.9 Å². The molecule has 0 radical (unpaired) electrons. The molecule has 1 aromatic rings. The lowest BCUT2D eigenvalue weighted by molar-refractivity contribution is 0.424. The van der Waals surface area contributed by atoms with Gasteiger partial charge < -0.3 is 10.2 Å². The summed E-state index contributed by atoms with van der Waals surface area (Å²) < 4.78 is 0. The zero-order valence-electron chi connectivity index (χ0n) is 13.3. The van der Waals surface area contributed by atoms with Crippen molar-refractivity contribution in [3.63, 3.8) is 0 Å². The average molecular weight is 295 g/mol. The van der Waals surface area contributed by atoms with Crippen LogP contribution in [0.1, 0.15) is 40.2 Å². The first-order chi connectivity index (χ1) is 9.26. The summed E-state index contributed by atoms with van der Waals surface area (Å²) in [5.41, 5.74) is 2.76. The normalized spacial score (nSPS) is 23.4. The van der Waals surface area contributed by atoms with Gasteiger partial charge in [0.25, 0.3) is 0 Å². The molecule has 1 fully saturated rings. The second-order valence-electron chi connectivity index (χ2n) is 7.24. The Morgan fingerprint density at radius 1 is 1.20 bits per heavy atom. The highest BCUT2D eigenvalue weighted by Gasteiger charge is 2.27. The fourth-order valence-electron chi connectivity index (χ4n) is 2.67. The molecule has 112 valence electrons. The van der Waals surface area contributed by atoms with Gasteiger partial charge in [0.2, 0.25) is 0 Å². The van der Waals surface area contributed by atoms with Gasteiger partial charge in [-0.25, -0.2) is 0 Å². The zero-order valence-corrected chi connectivity index (χ0v) is 14.1. The average Bonchev–Trinajstić information content (AvgIpc) is 2.67. The summed E-state index contributed by atoms with van der Waals surface area (Å²) in [6, 6.07) is 6.27. The molecule has 1 aliphatic heterocycles. The van der Waals surface area contributed by atoms with Crippen LogP contribution in [0.3, 0.4) is 0 Å². The van der Waals surface area contributed by atoms with E-state index in [1.54, 1.807) is 0 Å². The van der Waals surface area contributed by atoms with Crippen LogP contribution in [-0.4, -0.2) is 18.6 Å². The van der Waals surface area contributed by atoms with E-state index < -0.39 is 0 Å². The molecule has 1 N–H and O–H groups in total.